The number of halogens is 1. The summed E-state index contributed by atoms with van der Waals surface area (Å²) in [7, 11) is 0. The Kier molecular flexibility index (Phi) is 5.77. The number of hydrogen-bond donors (Lipinski definition) is 3. The van der Waals surface area contributed by atoms with Gasteiger partial charge in [0.1, 0.15) is 6.04 Å². The van der Waals surface area contributed by atoms with Gasteiger partial charge < -0.3 is 15.7 Å². The maximum absolute atomic E-state index is 11.8. The van der Waals surface area contributed by atoms with Crippen molar-refractivity contribution >= 4 is 39.1 Å². The molecule has 1 heterocycles. The van der Waals surface area contributed by atoms with Gasteiger partial charge in [0.15, 0.2) is 0 Å². The fraction of sp³-hybridized carbons (Fsp3) is 0.455. The Balaban J connectivity index is 2.46. The van der Waals surface area contributed by atoms with Gasteiger partial charge in [-0.1, -0.05) is 0 Å². The lowest BCUT2D eigenvalue weighted by atomic mass is 10.3. The minimum Gasteiger partial charge on any atom is -0.392 e. The Bertz CT molecular complexity index is 434. The Labute approximate surface area is 118 Å². The first-order chi connectivity index (χ1) is 8.40. The van der Waals surface area contributed by atoms with E-state index >= 15 is 0 Å². The molecule has 1 aromatic rings. The van der Waals surface area contributed by atoms with E-state index < -0.39 is 12.1 Å². The SMILES string of the molecule is C[C@H](O)CNC(=O)[C@H](C)NC(=O)c1ccc(Br)s1. The average Bonchev–Trinajstić information content (AvgIpc) is 2.72. The number of amides is 2. The Morgan fingerprint density at radius 1 is 1.44 bits per heavy atom. The molecule has 100 valence electrons. The number of thiophene rings is 1. The molecule has 7 heteroatoms. The zero-order valence-electron chi connectivity index (χ0n) is 10.1. The molecule has 5 nitrogen and oxygen atoms in total. The van der Waals surface area contributed by atoms with Gasteiger partial charge in [0, 0.05) is 6.54 Å². The predicted octanol–water partition coefficient (Wildman–Crippen LogP) is 1.13. The van der Waals surface area contributed by atoms with Crippen LogP contribution < -0.4 is 10.6 Å². The second kappa shape index (κ2) is 6.86. The zero-order valence-corrected chi connectivity index (χ0v) is 12.5. The lowest BCUT2D eigenvalue weighted by Gasteiger charge is -2.14. The van der Waals surface area contributed by atoms with Crippen molar-refractivity contribution < 1.29 is 14.7 Å². The van der Waals surface area contributed by atoms with E-state index in [-0.39, 0.29) is 18.4 Å². The van der Waals surface area contributed by atoms with Crippen molar-refractivity contribution in [1.29, 1.82) is 0 Å². The lowest BCUT2D eigenvalue weighted by Crippen LogP contribution is -2.46. The molecule has 18 heavy (non-hydrogen) atoms. The van der Waals surface area contributed by atoms with Crippen molar-refractivity contribution in [2.24, 2.45) is 0 Å². The molecule has 0 aliphatic carbocycles. The number of hydrogen-bond acceptors (Lipinski definition) is 4. The highest BCUT2D eigenvalue weighted by Crippen LogP contribution is 2.21. The summed E-state index contributed by atoms with van der Waals surface area (Å²) in [4.78, 5) is 23.9. The normalized spacial score (nSPS) is 13.8. The first-order valence-corrected chi connectivity index (χ1v) is 7.03. The first-order valence-electron chi connectivity index (χ1n) is 5.42. The summed E-state index contributed by atoms with van der Waals surface area (Å²) in [5.74, 6) is -0.606. The standard InChI is InChI=1S/C11H15BrN2O3S/c1-6(15)5-13-10(16)7(2)14-11(17)8-3-4-9(12)18-8/h3-4,6-7,15H,5H2,1-2H3,(H,13,16)(H,14,17)/t6-,7-/m0/s1. The van der Waals surface area contributed by atoms with E-state index in [0.29, 0.717) is 4.88 Å². The van der Waals surface area contributed by atoms with E-state index in [1.165, 1.54) is 11.3 Å². The topological polar surface area (TPSA) is 78.4 Å². The highest BCUT2D eigenvalue weighted by Gasteiger charge is 2.17. The molecule has 3 N–H and O–H groups in total. The van der Waals surface area contributed by atoms with Crippen LogP contribution in [0.15, 0.2) is 15.9 Å². The fourth-order valence-electron chi connectivity index (χ4n) is 1.17. The van der Waals surface area contributed by atoms with Crippen LogP contribution in [0.2, 0.25) is 0 Å². The molecule has 0 radical (unpaired) electrons. The highest BCUT2D eigenvalue weighted by molar-refractivity contribution is 9.11. The van der Waals surface area contributed by atoms with E-state index in [9.17, 15) is 9.59 Å². The number of nitrogens with one attached hydrogen (secondary N) is 2. The summed E-state index contributed by atoms with van der Waals surface area (Å²) in [5.41, 5.74) is 0. The number of rotatable bonds is 5. The molecule has 0 unspecified atom stereocenters. The molecular weight excluding hydrogens is 320 g/mol. The van der Waals surface area contributed by atoms with Crippen molar-refractivity contribution in [1.82, 2.24) is 10.6 Å². The van der Waals surface area contributed by atoms with E-state index in [2.05, 4.69) is 26.6 Å². The van der Waals surface area contributed by atoms with Crippen molar-refractivity contribution in [3.8, 4) is 0 Å². The van der Waals surface area contributed by atoms with Crippen molar-refractivity contribution in [3.05, 3.63) is 20.8 Å². The summed E-state index contributed by atoms with van der Waals surface area (Å²) in [5, 5.41) is 14.2. The van der Waals surface area contributed by atoms with Crippen LogP contribution in [0.4, 0.5) is 0 Å². The van der Waals surface area contributed by atoms with Crippen molar-refractivity contribution in [2.75, 3.05) is 6.54 Å². The van der Waals surface area contributed by atoms with Crippen LogP contribution in [0.25, 0.3) is 0 Å². The zero-order chi connectivity index (χ0) is 13.7. The monoisotopic (exact) mass is 334 g/mol. The molecule has 0 saturated heterocycles. The van der Waals surface area contributed by atoms with Gasteiger partial charge in [-0.2, -0.15) is 0 Å². The molecule has 0 fully saturated rings. The predicted molar refractivity (Wildman–Crippen MR) is 73.6 cm³/mol. The van der Waals surface area contributed by atoms with Crippen LogP contribution in [0.5, 0.6) is 0 Å². The van der Waals surface area contributed by atoms with Crippen LogP contribution in [0, 0.1) is 0 Å². The molecule has 0 spiro atoms. The second-order valence-electron chi connectivity index (χ2n) is 3.89. The third-order valence-corrected chi connectivity index (χ3v) is 3.73. The molecule has 0 saturated carbocycles. The lowest BCUT2D eigenvalue weighted by molar-refractivity contribution is -0.123. The maximum atomic E-state index is 11.8. The maximum Gasteiger partial charge on any atom is 0.262 e. The molecule has 0 aromatic carbocycles. The van der Waals surface area contributed by atoms with E-state index in [1.54, 1.807) is 26.0 Å². The average molecular weight is 335 g/mol. The molecule has 0 aliphatic heterocycles. The van der Waals surface area contributed by atoms with Gasteiger partial charge in [-0.15, -0.1) is 11.3 Å². The van der Waals surface area contributed by atoms with Crippen molar-refractivity contribution in [3.63, 3.8) is 0 Å². The molecule has 2 amide bonds. The van der Waals surface area contributed by atoms with Gasteiger partial charge in [-0.3, -0.25) is 9.59 Å². The van der Waals surface area contributed by atoms with Crippen LogP contribution in [0.1, 0.15) is 23.5 Å². The van der Waals surface area contributed by atoms with Crippen molar-refractivity contribution in [2.45, 2.75) is 26.0 Å². The van der Waals surface area contributed by atoms with Crippen LogP contribution in [-0.2, 0) is 4.79 Å². The molecule has 0 aliphatic rings. The van der Waals surface area contributed by atoms with Crippen LogP contribution >= 0.6 is 27.3 Å². The summed E-state index contributed by atoms with van der Waals surface area (Å²) < 4.78 is 0.860. The van der Waals surface area contributed by atoms with Gasteiger partial charge in [0.05, 0.1) is 14.8 Å². The van der Waals surface area contributed by atoms with Crippen LogP contribution in [0.3, 0.4) is 0 Å². The van der Waals surface area contributed by atoms with E-state index in [0.717, 1.165) is 3.79 Å². The summed E-state index contributed by atoms with van der Waals surface area (Å²) >= 11 is 4.57. The summed E-state index contributed by atoms with van der Waals surface area (Å²) in [6.45, 7) is 3.34. The summed E-state index contributed by atoms with van der Waals surface area (Å²) in [6.07, 6.45) is -0.606. The molecule has 1 aromatic heterocycles. The number of carbonyl (C=O) groups excluding carboxylic acids is 2. The Morgan fingerprint density at radius 3 is 2.61 bits per heavy atom. The van der Waals surface area contributed by atoms with Gasteiger partial charge in [0.2, 0.25) is 5.91 Å². The third-order valence-electron chi connectivity index (χ3n) is 2.11. The second-order valence-corrected chi connectivity index (χ2v) is 6.36. The van der Waals surface area contributed by atoms with Gasteiger partial charge >= 0.3 is 0 Å². The minimum atomic E-state index is -0.642. The van der Waals surface area contributed by atoms with Gasteiger partial charge in [-0.05, 0) is 41.9 Å². The van der Waals surface area contributed by atoms with E-state index in [1.807, 2.05) is 0 Å². The highest BCUT2D eigenvalue weighted by atomic mass is 79.9. The van der Waals surface area contributed by atoms with Crippen LogP contribution in [-0.4, -0.2) is 35.6 Å². The molecule has 0 bridgehead atoms. The largest absolute Gasteiger partial charge is 0.392 e. The smallest absolute Gasteiger partial charge is 0.262 e. The third kappa shape index (κ3) is 4.75. The first kappa shape index (κ1) is 15.1. The fourth-order valence-corrected chi connectivity index (χ4v) is 2.46. The number of aliphatic hydroxyl groups excluding tert-OH is 1. The van der Waals surface area contributed by atoms with Gasteiger partial charge in [0.25, 0.3) is 5.91 Å². The molecule has 1 rings (SSSR count). The van der Waals surface area contributed by atoms with Gasteiger partial charge in [-0.25, -0.2) is 0 Å². The minimum absolute atomic E-state index is 0.170. The molecular formula is C11H15BrN2O3S. The number of aliphatic hydroxyl groups is 1. The number of carbonyl (C=O) groups is 2. The molecule has 2 atom stereocenters. The Hall–Kier alpha value is -0.920. The quantitative estimate of drug-likeness (QED) is 0.755. The van der Waals surface area contributed by atoms with E-state index in [4.69, 9.17) is 5.11 Å². The Morgan fingerprint density at radius 2 is 2.11 bits per heavy atom. The summed E-state index contributed by atoms with van der Waals surface area (Å²) in [6, 6.07) is 2.82.